The molecule has 17 nitrogen and oxygen atoms in total. The molecule has 0 aromatic heterocycles. The summed E-state index contributed by atoms with van der Waals surface area (Å²) in [5.74, 6) is -4.39. The quantitative estimate of drug-likeness (QED) is 0.0297. The second-order valence-corrected chi connectivity index (χ2v) is 11.1. The van der Waals surface area contributed by atoms with E-state index in [2.05, 4.69) is 26.3 Å². The molecule has 0 heterocycles. The Labute approximate surface area is 274 Å². The molecule has 0 radical (unpaired) electrons. The van der Waals surface area contributed by atoms with Crippen LogP contribution >= 0.6 is 0 Å². The van der Waals surface area contributed by atoms with Gasteiger partial charge in [0.25, 0.3) is 0 Å². The van der Waals surface area contributed by atoms with Gasteiger partial charge in [-0.05, 0) is 63.6 Å². The second kappa shape index (κ2) is 23.1. The van der Waals surface area contributed by atoms with E-state index in [0.29, 0.717) is 50.8 Å². The number of nitrogens with one attached hydrogen (secondary N) is 4. The predicted octanol–water partition coefficient (Wildman–Crippen LogP) is -3.12. The molecule has 0 aliphatic heterocycles. The smallest absolute Gasteiger partial charge is 0.326 e. The van der Waals surface area contributed by atoms with Crippen LogP contribution in [0.5, 0.6) is 0 Å². The molecule has 47 heavy (non-hydrogen) atoms. The van der Waals surface area contributed by atoms with Crippen molar-refractivity contribution in [3.05, 3.63) is 35.9 Å². The van der Waals surface area contributed by atoms with E-state index < -0.39 is 66.4 Å². The van der Waals surface area contributed by atoms with Gasteiger partial charge in [0.15, 0.2) is 5.96 Å². The zero-order chi connectivity index (χ0) is 35.2. The summed E-state index contributed by atoms with van der Waals surface area (Å²) in [4.78, 5) is 68.4. The molecule has 0 bridgehead atoms. The average Bonchev–Trinajstić information content (AvgIpc) is 3.04. The van der Waals surface area contributed by atoms with Gasteiger partial charge in [-0.1, -0.05) is 36.8 Å². The maximum Gasteiger partial charge on any atom is 0.326 e. The van der Waals surface area contributed by atoms with Gasteiger partial charge in [0.2, 0.25) is 23.6 Å². The summed E-state index contributed by atoms with van der Waals surface area (Å²) >= 11 is 0. The Kier molecular flexibility index (Phi) is 20.0. The van der Waals surface area contributed by atoms with Crippen LogP contribution in [0.2, 0.25) is 0 Å². The molecular weight excluding hydrogens is 612 g/mol. The first kappa shape index (κ1) is 40.7. The van der Waals surface area contributed by atoms with E-state index in [1.807, 2.05) is 0 Å². The van der Waals surface area contributed by atoms with E-state index in [1.165, 1.54) is 0 Å². The number of nitrogens with two attached hydrogens (primary N) is 5. The summed E-state index contributed by atoms with van der Waals surface area (Å²) in [6.07, 6.45) is 3.00. The third-order valence-electron chi connectivity index (χ3n) is 7.18. The average molecular weight is 665 g/mol. The highest BCUT2D eigenvalue weighted by molar-refractivity contribution is 5.95. The lowest BCUT2D eigenvalue weighted by Crippen LogP contribution is -2.59. The van der Waals surface area contributed by atoms with Gasteiger partial charge in [-0.25, -0.2) is 4.79 Å². The van der Waals surface area contributed by atoms with Crippen LogP contribution in [0.1, 0.15) is 56.9 Å². The van der Waals surface area contributed by atoms with Crippen molar-refractivity contribution in [2.75, 3.05) is 26.2 Å². The lowest BCUT2D eigenvalue weighted by Gasteiger charge is -2.26. The normalized spacial score (nSPS) is 14.0. The highest BCUT2D eigenvalue weighted by Gasteiger charge is 2.31. The second-order valence-electron chi connectivity index (χ2n) is 11.1. The first-order chi connectivity index (χ1) is 22.4. The third-order valence-corrected chi connectivity index (χ3v) is 7.18. The SMILES string of the molecule is NCCCC[C@H](NC(=O)[C@H](CO)NC(=O)[C@@H](N)CCCCN)C(=O)N[C@@H](Cc1ccccc1)C(=O)N[C@@H](CCCN=C(N)N)C(=O)O. The molecule has 0 fully saturated rings. The van der Waals surface area contributed by atoms with Crippen molar-refractivity contribution in [1.82, 2.24) is 21.3 Å². The summed E-state index contributed by atoms with van der Waals surface area (Å²) in [6.45, 7) is 0.172. The van der Waals surface area contributed by atoms with E-state index in [0.717, 1.165) is 0 Å². The number of nitrogens with zero attached hydrogens (tertiary/aromatic N) is 1. The van der Waals surface area contributed by atoms with Crippen molar-refractivity contribution in [2.24, 2.45) is 33.7 Å². The van der Waals surface area contributed by atoms with Crippen LogP contribution in [0.3, 0.4) is 0 Å². The summed E-state index contributed by atoms with van der Waals surface area (Å²) in [6, 6.07) is 2.74. The maximum atomic E-state index is 13.6. The van der Waals surface area contributed by atoms with Crippen molar-refractivity contribution >= 4 is 35.6 Å². The fourth-order valence-corrected chi connectivity index (χ4v) is 4.51. The van der Waals surface area contributed by atoms with E-state index in [9.17, 15) is 34.2 Å². The van der Waals surface area contributed by atoms with Crippen molar-refractivity contribution in [1.29, 1.82) is 0 Å². The Morgan fingerprint density at radius 3 is 1.77 bits per heavy atom. The van der Waals surface area contributed by atoms with Crippen LogP contribution in [-0.4, -0.2) is 102 Å². The molecular formula is C30H52N10O7. The van der Waals surface area contributed by atoms with Crippen LogP contribution in [-0.2, 0) is 30.4 Å². The van der Waals surface area contributed by atoms with Crippen molar-refractivity contribution in [3.8, 4) is 0 Å². The van der Waals surface area contributed by atoms with Crippen LogP contribution in [0, 0.1) is 0 Å². The number of aliphatic imine (C=N–C) groups is 1. The Hall–Kier alpha value is -4.32. The van der Waals surface area contributed by atoms with Gasteiger partial charge in [0.05, 0.1) is 12.6 Å². The van der Waals surface area contributed by atoms with Crippen molar-refractivity contribution in [2.45, 2.75) is 88.0 Å². The summed E-state index contributed by atoms with van der Waals surface area (Å²) < 4.78 is 0. The van der Waals surface area contributed by atoms with Gasteiger partial charge in [0, 0.05) is 13.0 Å². The van der Waals surface area contributed by atoms with E-state index >= 15 is 0 Å². The largest absolute Gasteiger partial charge is 0.480 e. The molecule has 1 aromatic carbocycles. The molecule has 264 valence electrons. The van der Waals surface area contributed by atoms with Gasteiger partial charge >= 0.3 is 5.97 Å². The van der Waals surface area contributed by atoms with Gasteiger partial charge in [-0.15, -0.1) is 0 Å². The number of guanidine groups is 1. The molecule has 0 saturated heterocycles. The van der Waals surface area contributed by atoms with Gasteiger partial charge in [-0.2, -0.15) is 0 Å². The summed E-state index contributed by atoms with van der Waals surface area (Å²) in [5, 5.41) is 29.6. The van der Waals surface area contributed by atoms with E-state index in [-0.39, 0.29) is 38.2 Å². The number of amides is 4. The molecule has 5 atom stereocenters. The molecule has 1 rings (SSSR count). The Morgan fingerprint density at radius 1 is 0.681 bits per heavy atom. The number of hydrogen-bond donors (Lipinski definition) is 11. The lowest BCUT2D eigenvalue weighted by atomic mass is 10.0. The minimum absolute atomic E-state index is 0.0135. The number of benzene rings is 1. The fourth-order valence-electron chi connectivity index (χ4n) is 4.51. The van der Waals surface area contributed by atoms with Crippen molar-refractivity contribution < 1.29 is 34.2 Å². The summed E-state index contributed by atoms with van der Waals surface area (Å²) in [5.41, 5.74) is 28.3. The number of hydrogen-bond acceptors (Lipinski definition) is 10. The predicted molar refractivity (Wildman–Crippen MR) is 176 cm³/mol. The number of unbranched alkanes of at least 4 members (excludes halogenated alkanes) is 2. The van der Waals surface area contributed by atoms with Gasteiger partial charge < -0.3 is 60.1 Å². The highest BCUT2D eigenvalue weighted by Crippen LogP contribution is 2.08. The van der Waals surface area contributed by atoms with Crippen LogP contribution in [0.15, 0.2) is 35.3 Å². The zero-order valence-electron chi connectivity index (χ0n) is 26.7. The molecule has 0 saturated carbocycles. The maximum absolute atomic E-state index is 13.6. The molecule has 17 heteroatoms. The van der Waals surface area contributed by atoms with Crippen molar-refractivity contribution in [3.63, 3.8) is 0 Å². The topological polar surface area (TPSA) is 316 Å². The number of rotatable bonds is 24. The molecule has 0 unspecified atom stereocenters. The van der Waals surface area contributed by atoms with Crippen LogP contribution < -0.4 is 49.9 Å². The number of carboxylic acid groups (broad SMARTS) is 1. The first-order valence-corrected chi connectivity index (χ1v) is 15.7. The van der Waals surface area contributed by atoms with Crippen LogP contribution in [0.25, 0.3) is 0 Å². The zero-order valence-corrected chi connectivity index (χ0v) is 26.7. The summed E-state index contributed by atoms with van der Waals surface area (Å²) in [7, 11) is 0. The van der Waals surface area contributed by atoms with Gasteiger partial charge in [-0.3, -0.25) is 24.2 Å². The lowest BCUT2D eigenvalue weighted by molar-refractivity contribution is -0.142. The third kappa shape index (κ3) is 16.7. The molecule has 4 amide bonds. The number of carbonyl (C=O) groups is 5. The standard InChI is InChI=1S/C30H52N10O7/c31-14-6-4-11-20(33)25(42)40-24(18-41)28(45)37-21(12-5-7-15-32)26(43)39-23(17-19-9-2-1-3-10-19)27(44)38-22(29(46)47)13-8-16-36-30(34)35/h1-3,9-10,20-24,41H,4-8,11-18,31-33H2,(H,37,45)(H,38,44)(H,39,43)(H,40,42)(H,46,47)(H4,34,35,36)/t20-,21-,22-,23-,24-/m0/s1. The monoisotopic (exact) mass is 664 g/mol. The minimum atomic E-state index is -1.40. The molecule has 0 aliphatic rings. The number of aliphatic hydroxyl groups excluding tert-OH is 1. The minimum Gasteiger partial charge on any atom is -0.480 e. The number of aliphatic hydroxyl groups is 1. The van der Waals surface area contributed by atoms with E-state index in [1.54, 1.807) is 30.3 Å². The molecule has 0 aliphatic carbocycles. The number of carboxylic acids is 1. The number of carbonyl (C=O) groups excluding carboxylic acids is 4. The van der Waals surface area contributed by atoms with E-state index in [4.69, 9.17) is 28.7 Å². The van der Waals surface area contributed by atoms with Crippen LogP contribution in [0.4, 0.5) is 0 Å². The fraction of sp³-hybridized carbons (Fsp3) is 0.600. The highest BCUT2D eigenvalue weighted by atomic mass is 16.4. The first-order valence-electron chi connectivity index (χ1n) is 15.7. The Bertz CT molecular complexity index is 1150. The van der Waals surface area contributed by atoms with Gasteiger partial charge in [0.1, 0.15) is 24.2 Å². The Morgan fingerprint density at radius 2 is 1.19 bits per heavy atom. The molecule has 0 spiro atoms. The Balaban J connectivity index is 3.13. The number of aliphatic carboxylic acids is 1. The molecule has 16 N–H and O–H groups in total. The molecule has 1 aromatic rings.